The maximum absolute atomic E-state index is 12.3. The predicted octanol–water partition coefficient (Wildman–Crippen LogP) is -0.893. The lowest BCUT2D eigenvalue weighted by atomic mass is 10.1. The molecule has 1 fully saturated rings. The van der Waals surface area contributed by atoms with Crippen LogP contribution in [-0.2, 0) is 4.74 Å². The Kier molecular flexibility index (Phi) is 4.19. The smallest absolute Gasteiger partial charge is 0.351 e. The van der Waals surface area contributed by atoms with Crippen molar-refractivity contribution in [2.45, 2.75) is 24.5 Å². The average molecular weight is 350 g/mol. The maximum atomic E-state index is 12.3. The van der Waals surface area contributed by atoms with Gasteiger partial charge in [-0.25, -0.2) is 4.79 Å². The molecule has 25 heavy (non-hydrogen) atoms. The Morgan fingerprint density at radius 3 is 2.88 bits per heavy atom. The zero-order valence-corrected chi connectivity index (χ0v) is 12.9. The van der Waals surface area contributed by atoms with Crippen molar-refractivity contribution >= 4 is 11.7 Å². The highest BCUT2D eigenvalue weighted by Gasteiger charge is 2.43. The van der Waals surface area contributed by atoms with E-state index < -0.39 is 36.1 Å². The number of carbonyl (C=O) groups is 1. The third-order valence-corrected chi connectivity index (χ3v) is 3.86. The third kappa shape index (κ3) is 3.44. The van der Waals surface area contributed by atoms with E-state index in [0.717, 1.165) is 4.57 Å². The highest BCUT2D eigenvalue weighted by Crippen LogP contribution is 2.28. The minimum Gasteiger partial charge on any atom is -0.394 e. The average Bonchev–Trinajstić information content (AvgIpc) is 2.98. The molecule has 1 aliphatic rings. The van der Waals surface area contributed by atoms with Gasteiger partial charge in [-0.1, -0.05) is 18.2 Å². The van der Waals surface area contributed by atoms with Gasteiger partial charge in [0, 0.05) is 11.8 Å². The fraction of sp³-hybridized carbons (Fsp3) is 0.312. The molecule has 4 N–H and O–H groups in total. The van der Waals surface area contributed by atoms with E-state index in [4.69, 9.17) is 7.60 Å². The lowest BCUT2D eigenvalue weighted by Gasteiger charge is -2.17. The number of aromatic nitrogens is 2. The number of anilines is 1. The van der Waals surface area contributed by atoms with Crippen molar-refractivity contribution in [3.05, 3.63) is 58.6 Å². The second-order valence-electron chi connectivity index (χ2n) is 5.51. The van der Waals surface area contributed by atoms with Crippen LogP contribution in [0.3, 0.4) is 0 Å². The topological polar surface area (TPSA) is 134 Å². The maximum Gasteiger partial charge on any atom is 0.351 e. The van der Waals surface area contributed by atoms with E-state index in [9.17, 15) is 14.7 Å². The zero-order chi connectivity index (χ0) is 19.4. The fourth-order valence-corrected chi connectivity index (χ4v) is 2.54. The monoisotopic (exact) mass is 350 g/mol. The van der Waals surface area contributed by atoms with E-state index >= 15 is 0 Å². The van der Waals surface area contributed by atoms with Crippen molar-refractivity contribution in [2.24, 2.45) is 0 Å². The number of benzene rings is 1. The molecule has 3 rings (SSSR count). The van der Waals surface area contributed by atoms with Crippen LogP contribution in [0, 0.1) is 0 Å². The molecule has 132 valence electrons. The van der Waals surface area contributed by atoms with E-state index in [2.05, 4.69) is 20.5 Å². The van der Waals surface area contributed by atoms with E-state index in [1.165, 1.54) is 12.3 Å². The van der Waals surface area contributed by atoms with E-state index in [1.54, 1.807) is 30.3 Å². The summed E-state index contributed by atoms with van der Waals surface area (Å²) >= 11 is 0. The van der Waals surface area contributed by atoms with Gasteiger partial charge < -0.3 is 25.4 Å². The Hall–Kier alpha value is -2.59. The van der Waals surface area contributed by atoms with Crippen LogP contribution in [0.15, 0.2) is 47.4 Å². The number of rotatable bonds is 6. The number of aliphatic hydroxyl groups is 3. The normalized spacial score (nSPS) is 26.8. The van der Waals surface area contributed by atoms with Crippen molar-refractivity contribution in [3.63, 3.8) is 0 Å². The molecule has 0 aliphatic carbocycles. The Labute approximate surface area is 145 Å². The second-order valence-corrected chi connectivity index (χ2v) is 5.51. The molecular weight excluding hydrogens is 330 g/mol. The number of hydrogen-bond acceptors (Lipinski definition) is 7. The minimum absolute atomic E-state index is 0.0388. The number of nitrogens with one attached hydrogen (secondary N) is 1. The van der Waals surface area contributed by atoms with Gasteiger partial charge in [0.1, 0.15) is 24.1 Å². The van der Waals surface area contributed by atoms with E-state index in [1.807, 2.05) is 0 Å². The van der Waals surface area contributed by atoms with Crippen LogP contribution in [0.25, 0.3) is 0 Å². The van der Waals surface area contributed by atoms with Crippen LogP contribution in [0.5, 0.6) is 0 Å². The zero-order valence-electron chi connectivity index (χ0n) is 14.9. The quantitative estimate of drug-likeness (QED) is 0.531. The van der Waals surface area contributed by atoms with Crippen LogP contribution in [0.4, 0.5) is 5.82 Å². The van der Waals surface area contributed by atoms with Gasteiger partial charge in [0.2, 0.25) is 2.86 Å². The van der Waals surface area contributed by atoms with Crippen LogP contribution >= 0.6 is 0 Å². The lowest BCUT2D eigenvalue weighted by Crippen LogP contribution is -2.36. The molecule has 1 aromatic carbocycles. The molecule has 2 aromatic rings. The summed E-state index contributed by atoms with van der Waals surface area (Å²) in [5.41, 5.74) is -0.368. The van der Waals surface area contributed by atoms with Gasteiger partial charge in [-0.15, -0.1) is 0 Å². The molecule has 1 aromatic heterocycles. The van der Waals surface area contributed by atoms with E-state index in [-0.39, 0.29) is 12.4 Å². The van der Waals surface area contributed by atoms with Gasteiger partial charge in [-0.2, -0.15) is 4.98 Å². The third-order valence-electron chi connectivity index (χ3n) is 3.86. The second kappa shape index (κ2) is 7.11. The fourth-order valence-electron chi connectivity index (χ4n) is 2.54. The molecule has 1 aliphatic heterocycles. The number of aliphatic hydroxyl groups excluding tert-OH is 3. The Bertz CT molecular complexity index is 850. The summed E-state index contributed by atoms with van der Waals surface area (Å²) in [6.45, 7) is -0.246. The molecule has 9 heteroatoms. The molecule has 1 saturated heterocycles. The molecule has 4 atom stereocenters. The molecule has 9 nitrogen and oxygen atoms in total. The van der Waals surface area contributed by atoms with Gasteiger partial charge in [-0.3, -0.25) is 9.36 Å². The Balaban J connectivity index is 1.77. The molecule has 0 saturated carbocycles. The summed E-state index contributed by atoms with van der Waals surface area (Å²) in [7, 11) is 0. The molecule has 0 radical (unpaired) electrons. The summed E-state index contributed by atoms with van der Waals surface area (Å²) < 4.78 is 20.3. The molecule has 1 amide bonds. The summed E-state index contributed by atoms with van der Waals surface area (Å²) in [5.74, 6) is -0.385. The van der Waals surface area contributed by atoms with Crippen molar-refractivity contribution in [1.82, 2.24) is 9.55 Å². The number of carbonyl (C=O) groups excluding carboxylic acids is 1. The van der Waals surface area contributed by atoms with Crippen molar-refractivity contribution < 1.29 is 24.9 Å². The Morgan fingerprint density at radius 1 is 1.40 bits per heavy atom. The first-order valence-electron chi connectivity index (χ1n) is 8.36. The van der Waals surface area contributed by atoms with Gasteiger partial charge in [0.25, 0.3) is 5.91 Å². The van der Waals surface area contributed by atoms with Crippen LogP contribution in [0.2, 0.25) is 0 Å². The SMILES string of the molecule is [2H]OC[C@H]1O[C@@H](n2ccc(NC(=O)c3ccccc3)nc2=O)C(O)[C@H]1O[3H]. The van der Waals surface area contributed by atoms with Gasteiger partial charge in [0.05, 0.1) is 6.61 Å². The van der Waals surface area contributed by atoms with Crippen molar-refractivity contribution in [1.29, 1.82) is 2.86 Å². The van der Waals surface area contributed by atoms with Crippen LogP contribution in [-0.4, -0.2) is 58.6 Å². The first-order valence-corrected chi connectivity index (χ1v) is 7.54. The van der Waals surface area contributed by atoms with Crippen LogP contribution < -0.4 is 11.0 Å². The number of hydrogen-bond donors (Lipinski definition) is 4. The molecule has 0 spiro atoms. The number of nitrogens with zero attached hydrogens (tertiary/aromatic N) is 2. The highest BCUT2D eigenvalue weighted by molar-refractivity contribution is 6.03. The standard InChI is InChI=1S/C16H17N3O6/c20-8-10-12(21)13(22)15(25-10)19-7-6-11(18-16(19)24)17-14(23)9-4-2-1-3-5-9/h1-7,10,12-13,15,20-22H,8H2,(H,17,18,23,24)/t10-,12+,13?,15-/m1/s1/i20D,21T. The van der Waals surface area contributed by atoms with Gasteiger partial charge >= 0.3 is 5.69 Å². The first kappa shape index (κ1) is 14.7. The summed E-state index contributed by atoms with van der Waals surface area (Å²) in [6, 6.07) is 9.81. The predicted molar refractivity (Wildman–Crippen MR) is 85.9 cm³/mol. The highest BCUT2D eigenvalue weighted by atomic mass is 16.6. The van der Waals surface area contributed by atoms with Gasteiger partial charge in [0.15, 0.2) is 6.23 Å². The van der Waals surface area contributed by atoms with Crippen molar-refractivity contribution in [3.8, 4) is 0 Å². The minimum atomic E-state index is -1.34. The van der Waals surface area contributed by atoms with E-state index in [0.29, 0.717) is 5.56 Å². The first-order chi connectivity index (χ1) is 13.0. The number of amides is 1. The number of ether oxygens (including phenoxy) is 1. The van der Waals surface area contributed by atoms with Gasteiger partial charge in [-0.05, 0) is 18.2 Å². The molecular formula is C16H17N3O6. The molecule has 0 bridgehead atoms. The summed E-state index contributed by atoms with van der Waals surface area (Å²) in [4.78, 5) is 28.2. The lowest BCUT2D eigenvalue weighted by molar-refractivity contribution is -0.0549. The Morgan fingerprint density at radius 2 is 2.20 bits per heavy atom. The molecule has 2 heterocycles. The largest absolute Gasteiger partial charge is 0.394 e. The summed E-state index contributed by atoms with van der Waals surface area (Å²) in [5, 5.41) is 21.4. The molecule has 1 unspecified atom stereocenters. The van der Waals surface area contributed by atoms with Crippen LogP contribution in [0.1, 0.15) is 16.6 Å². The van der Waals surface area contributed by atoms with Crippen molar-refractivity contribution in [2.75, 3.05) is 11.9 Å². The summed E-state index contributed by atoms with van der Waals surface area (Å²) in [6.07, 6.45) is -3.20.